The highest BCUT2D eigenvalue weighted by Crippen LogP contribution is 2.33. The second-order valence-corrected chi connectivity index (χ2v) is 9.40. The third kappa shape index (κ3) is 3.98. The Morgan fingerprint density at radius 2 is 1.56 bits per heavy atom. The zero-order chi connectivity index (χ0) is 22.1. The minimum atomic E-state index is -3.65. The summed E-state index contributed by atoms with van der Waals surface area (Å²) in [5.41, 5.74) is 1.47. The van der Waals surface area contributed by atoms with Crippen molar-refractivity contribution in [2.75, 3.05) is 44.3 Å². The van der Waals surface area contributed by atoms with Crippen LogP contribution in [0.3, 0.4) is 0 Å². The van der Waals surface area contributed by atoms with Gasteiger partial charge in [0.2, 0.25) is 10.0 Å². The smallest absolute Gasteiger partial charge is 0.243 e. The minimum absolute atomic E-state index is 0.191. The molecule has 166 valence electrons. The van der Waals surface area contributed by atoms with E-state index in [2.05, 4.69) is 9.97 Å². The largest absolute Gasteiger partial charge is 0.486 e. The fourth-order valence-electron chi connectivity index (χ4n) is 3.79. The molecule has 0 saturated carbocycles. The van der Waals surface area contributed by atoms with Crippen LogP contribution in [-0.2, 0) is 10.0 Å². The van der Waals surface area contributed by atoms with Crippen molar-refractivity contribution >= 4 is 15.8 Å². The Morgan fingerprint density at radius 1 is 0.844 bits per heavy atom. The third-order valence-corrected chi connectivity index (χ3v) is 7.40. The molecular weight excluding hydrogens is 435 g/mol. The molecule has 10 heteroatoms. The molecule has 1 aromatic heterocycles. The molecule has 1 fully saturated rings. The van der Waals surface area contributed by atoms with Gasteiger partial charge in [-0.15, -0.1) is 0 Å². The molecule has 5 rings (SSSR count). The lowest BCUT2D eigenvalue weighted by Gasteiger charge is -2.34. The van der Waals surface area contributed by atoms with Crippen LogP contribution in [0.5, 0.6) is 11.5 Å². The van der Waals surface area contributed by atoms with E-state index in [1.54, 1.807) is 24.3 Å². The molecule has 0 atom stereocenters. The van der Waals surface area contributed by atoms with E-state index in [4.69, 9.17) is 9.47 Å². The van der Waals surface area contributed by atoms with Gasteiger partial charge in [0.15, 0.2) is 11.5 Å². The van der Waals surface area contributed by atoms with Crippen LogP contribution < -0.4 is 14.4 Å². The summed E-state index contributed by atoms with van der Waals surface area (Å²) in [4.78, 5) is 10.8. The van der Waals surface area contributed by atoms with E-state index >= 15 is 0 Å². The second kappa shape index (κ2) is 8.36. The summed E-state index contributed by atoms with van der Waals surface area (Å²) in [6, 6.07) is 12.6. The average molecular weight is 456 g/mol. The molecule has 0 spiro atoms. The molecule has 2 aliphatic heterocycles. The molecule has 8 nitrogen and oxygen atoms in total. The van der Waals surface area contributed by atoms with Crippen molar-refractivity contribution in [1.82, 2.24) is 14.3 Å². The van der Waals surface area contributed by atoms with Gasteiger partial charge in [-0.05, 0) is 36.4 Å². The number of anilines is 1. The van der Waals surface area contributed by atoms with Crippen molar-refractivity contribution < 1.29 is 22.3 Å². The molecular formula is C22H21FN4O4S. The highest BCUT2D eigenvalue weighted by atomic mass is 32.2. The maximum absolute atomic E-state index is 13.2. The van der Waals surface area contributed by atoms with Crippen LogP contribution in [0.2, 0.25) is 0 Å². The molecule has 0 radical (unpaired) electrons. The van der Waals surface area contributed by atoms with Gasteiger partial charge in [0.05, 0.1) is 10.6 Å². The molecule has 2 aromatic carbocycles. The first-order chi connectivity index (χ1) is 15.5. The summed E-state index contributed by atoms with van der Waals surface area (Å²) in [7, 11) is -3.65. The lowest BCUT2D eigenvalue weighted by atomic mass is 10.1. The Kier molecular flexibility index (Phi) is 5.40. The van der Waals surface area contributed by atoms with Crippen molar-refractivity contribution in [2.45, 2.75) is 4.90 Å². The highest BCUT2D eigenvalue weighted by Gasteiger charge is 2.30. The van der Waals surface area contributed by atoms with Gasteiger partial charge in [-0.2, -0.15) is 4.31 Å². The van der Waals surface area contributed by atoms with E-state index in [1.807, 2.05) is 11.0 Å². The van der Waals surface area contributed by atoms with E-state index < -0.39 is 10.0 Å². The molecule has 3 aromatic rings. The third-order valence-electron chi connectivity index (χ3n) is 5.51. The number of piperazine rings is 1. The van der Waals surface area contributed by atoms with E-state index in [0.29, 0.717) is 62.4 Å². The molecule has 0 bridgehead atoms. The molecule has 2 aliphatic rings. The normalized spacial score (nSPS) is 16.7. The zero-order valence-corrected chi connectivity index (χ0v) is 18.0. The maximum Gasteiger partial charge on any atom is 0.243 e. The fourth-order valence-corrected chi connectivity index (χ4v) is 5.23. The maximum atomic E-state index is 13.2. The molecule has 32 heavy (non-hydrogen) atoms. The number of hydrogen-bond acceptors (Lipinski definition) is 7. The van der Waals surface area contributed by atoms with Crippen LogP contribution in [0.4, 0.5) is 10.2 Å². The van der Waals surface area contributed by atoms with Crippen LogP contribution in [0, 0.1) is 5.82 Å². The van der Waals surface area contributed by atoms with Gasteiger partial charge in [0.1, 0.15) is 31.2 Å². The summed E-state index contributed by atoms with van der Waals surface area (Å²) in [6.45, 7) is 2.48. The van der Waals surface area contributed by atoms with Crippen LogP contribution >= 0.6 is 0 Å². The van der Waals surface area contributed by atoms with Gasteiger partial charge in [-0.25, -0.2) is 22.8 Å². The zero-order valence-electron chi connectivity index (χ0n) is 17.1. The fraction of sp³-hybridized carbons (Fsp3) is 0.273. The van der Waals surface area contributed by atoms with Gasteiger partial charge < -0.3 is 14.4 Å². The predicted molar refractivity (Wildman–Crippen MR) is 116 cm³/mol. The van der Waals surface area contributed by atoms with E-state index in [-0.39, 0.29) is 10.7 Å². The van der Waals surface area contributed by atoms with Crippen LogP contribution in [0.1, 0.15) is 0 Å². The molecule has 0 unspecified atom stereocenters. The van der Waals surface area contributed by atoms with Crippen LogP contribution in [-0.4, -0.2) is 62.1 Å². The summed E-state index contributed by atoms with van der Waals surface area (Å²) in [5.74, 6) is 1.40. The number of halogens is 1. The number of aromatic nitrogens is 2. The Morgan fingerprint density at radius 3 is 2.31 bits per heavy atom. The Balaban J connectivity index is 1.30. The summed E-state index contributed by atoms with van der Waals surface area (Å²) in [5, 5.41) is 0. The average Bonchev–Trinajstić information content (AvgIpc) is 2.84. The molecule has 3 heterocycles. The molecule has 1 saturated heterocycles. The summed E-state index contributed by atoms with van der Waals surface area (Å²) < 4.78 is 51.9. The first-order valence-corrected chi connectivity index (χ1v) is 11.7. The van der Waals surface area contributed by atoms with E-state index in [1.165, 1.54) is 28.8 Å². The highest BCUT2D eigenvalue weighted by molar-refractivity contribution is 7.89. The number of ether oxygens (including phenoxy) is 2. The van der Waals surface area contributed by atoms with Crippen LogP contribution in [0.15, 0.2) is 59.8 Å². The molecule has 0 N–H and O–H groups in total. The van der Waals surface area contributed by atoms with Crippen LogP contribution in [0.25, 0.3) is 11.3 Å². The van der Waals surface area contributed by atoms with Crippen molar-refractivity contribution in [3.05, 3.63) is 60.7 Å². The van der Waals surface area contributed by atoms with Gasteiger partial charge in [0, 0.05) is 43.9 Å². The van der Waals surface area contributed by atoms with Gasteiger partial charge in [-0.1, -0.05) is 0 Å². The lowest BCUT2D eigenvalue weighted by molar-refractivity contribution is 0.171. The SMILES string of the molecule is O=S(=O)(c1ccc2c(c1)OCCO2)N1CCN(c2cc(-c3ccc(F)cc3)ncn2)CC1. The summed E-state index contributed by atoms with van der Waals surface area (Å²) in [6.07, 6.45) is 1.46. The van der Waals surface area contributed by atoms with Crippen molar-refractivity contribution in [3.8, 4) is 22.8 Å². The van der Waals surface area contributed by atoms with Gasteiger partial charge >= 0.3 is 0 Å². The molecule has 0 amide bonds. The Bertz CT molecular complexity index is 1230. The number of sulfonamides is 1. The van der Waals surface area contributed by atoms with Crippen molar-refractivity contribution in [3.63, 3.8) is 0 Å². The van der Waals surface area contributed by atoms with E-state index in [9.17, 15) is 12.8 Å². The number of hydrogen-bond donors (Lipinski definition) is 0. The van der Waals surface area contributed by atoms with E-state index in [0.717, 1.165) is 5.56 Å². The lowest BCUT2D eigenvalue weighted by Crippen LogP contribution is -2.48. The molecule has 0 aliphatic carbocycles. The number of nitrogens with zero attached hydrogens (tertiary/aromatic N) is 4. The Labute approximate surface area is 185 Å². The second-order valence-electron chi connectivity index (χ2n) is 7.46. The first kappa shape index (κ1) is 20.7. The number of benzene rings is 2. The summed E-state index contributed by atoms with van der Waals surface area (Å²) >= 11 is 0. The first-order valence-electron chi connectivity index (χ1n) is 10.2. The number of fused-ring (bicyclic) bond motifs is 1. The van der Waals surface area contributed by atoms with Crippen molar-refractivity contribution in [1.29, 1.82) is 0 Å². The minimum Gasteiger partial charge on any atom is -0.486 e. The monoisotopic (exact) mass is 456 g/mol. The topological polar surface area (TPSA) is 84.9 Å². The van der Waals surface area contributed by atoms with Gasteiger partial charge in [0.25, 0.3) is 0 Å². The quantitative estimate of drug-likeness (QED) is 0.597. The van der Waals surface area contributed by atoms with Gasteiger partial charge in [-0.3, -0.25) is 0 Å². The Hall–Kier alpha value is -3.24. The standard InChI is InChI=1S/C22H21FN4O4S/c23-17-3-1-16(2-4-17)19-14-22(25-15-24-19)26-7-9-27(10-8-26)32(28,29)18-5-6-20-21(13-18)31-12-11-30-20/h1-6,13-15H,7-12H2. The predicted octanol–water partition coefficient (Wildman–Crippen LogP) is 2.56. The van der Waals surface area contributed by atoms with Crippen molar-refractivity contribution in [2.24, 2.45) is 0 Å². The number of rotatable bonds is 4.